The van der Waals surface area contributed by atoms with Gasteiger partial charge < -0.3 is 15.2 Å². The summed E-state index contributed by atoms with van der Waals surface area (Å²) in [5.74, 6) is -0.262. The highest BCUT2D eigenvalue weighted by molar-refractivity contribution is 5.89. The quantitative estimate of drug-likeness (QED) is 0.877. The van der Waals surface area contributed by atoms with Crippen molar-refractivity contribution in [1.29, 1.82) is 0 Å². The van der Waals surface area contributed by atoms with Crippen molar-refractivity contribution in [3.05, 3.63) is 18.2 Å². The highest BCUT2D eigenvalue weighted by atomic mass is 16.1. The smallest absolute Gasteiger partial charge is 0.284 e. The zero-order valence-corrected chi connectivity index (χ0v) is 12.8. The van der Waals surface area contributed by atoms with Gasteiger partial charge in [-0.1, -0.05) is 20.8 Å². The summed E-state index contributed by atoms with van der Waals surface area (Å²) in [5.41, 5.74) is 5.30. The number of primary amides is 1. The number of amides is 1. The van der Waals surface area contributed by atoms with Gasteiger partial charge in [-0.25, -0.2) is 4.98 Å². The van der Waals surface area contributed by atoms with Gasteiger partial charge in [-0.3, -0.25) is 4.79 Å². The molecule has 1 amide bonds. The van der Waals surface area contributed by atoms with E-state index >= 15 is 0 Å². The molecule has 1 aromatic rings. The van der Waals surface area contributed by atoms with Crippen LogP contribution in [0.3, 0.4) is 0 Å². The average Bonchev–Trinajstić information content (AvgIpc) is 2.60. The van der Waals surface area contributed by atoms with Crippen LogP contribution >= 0.6 is 0 Å². The summed E-state index contributed by atoms with van der Waals surface area (Å²) in [6.07, 6.45) is 4.39. The number of rotatable bonds is 5. The third kappa shape index (κ3) is 4.35. The van der Waals surface area contributed by atoms with Crippen LogP contribution in [0.5, 0.6) is 0 Å². The predicted octanol–water partition coefficient (Wildman–Crippen LogP) is 1.50. The summed E-state index contributed by atoms with van der Waals surface area (Å²) in [7, 11) is 2.08. The first-order valence-corrected chi connectivity index (χ1v) is 6.47. The molecule has 5 nitrogen and oxygen atoms in total. The maximum Gasteiger partial charge on any atom is 0.284 e. The topological polar surface area (TPSA) is 64.2 Å². The Hall–Kier alpha value is -1.36. The molecule has 1 heterocycles. The van der Waals surface area contributed by atoms with Crippen LogP contribution in [0.4, 0.5) is 0 Å². The number of likely N-dealkylation sites (N-methyl/N-ethyl adjacent to an activating group) is 1. The Morgan fingerprint density at radius 2 is 1.95 bits per heavy atom. The Balaban J connectivity index is 2.86. The number of carbonyl (C=O) groups is 1. The zero-order chi connectivity index (χ0) is 14.8. The fraction of sp³-hybridized carbons (Fsp3) is 0.714. The third-order valence-corrected chi connectivity index (χ3v) is 2.86. The first-order chi connectivity index (χ1) is 8.53. The molecule has 107 valence electrons. The molecular formula is C14H25N4O. The van der Waals surface area contributed by atoms with Crippen LogP contribution in [0.1, 0.15) is 45.2 Å². The number of imidazole rings is 1. The Bertz CT molecular complexity index is 443. The molecule has 2 N–H and O–H groups in total. The van der Waals surface area contributed by atoms with Crippen LogP contribution < -0.4 is 5.73 Å². The standard InChI is InChI=1S/C14H25N4O/c1-13(2,3)9-17(6)10-14(4,5)18-8-7-16-12(18)11(15)19/h8H,9-10H2,1-6H3,(H2,15,19). The minimum absolute atomic E-state index is 0.235. The Morgan fingerprint density at radius 1 is 1.37 bits per heavy atom. The lowest BCUT2D eigenvalue weighted by atomic mass is 9.95. The number of hydrogen-bond donors (Lipinski definition) is 1. The van der Waals surface area contributed by atoms with E-state index < -0.39 is 5.91 Å². The van der Waals surface area contributed by atoms with Crippen LogP contribution in [0.25, 0.3) is 0 Å². The maximum absolute atomic E-state index is 11.3. The van der Waals surface area contributed by atoms with Crippen molar-refractivity contribution in [3.8, 4) is 0 Å². The van der Waals surface area contributed by atoms with Crippen LogP contribution in [0.2, 0.25) is 0 Å². The van der Waals surface area contributed by atoms with E-state index in [0.29, 0.717) is 0 Å². The van der Waals surface area contributed by atoms with Gasteiger partial charge in [0, 0.05) is 19.3 Å². The van der Waals surface area contributed by atoms with E-state index in [1.807, 2.05) is 0 Å². The van der Waals surface area contributed by atoms with Crippen LogP contribution in [0.15, 0.2) is 6.20 Å². The second-order valence-corrected chi connectivity index (χ2v) is 6.97. The van der Waals surface area contributed by atoms with Gasteiger partial charge in [-0.15, -0.1) is 0 Å². The van der Waals surface area contributed by atoms with Gasteiger partial charge in [0.05, 0.1) is 5.54 Å². The van der Waals surface area contributed by atoms with Gasteiger partial charge in [-0.05, 0) is 26.3 Å². The minimum Gasteiger partial charge on any atom is -0.363 e. The van der Waals surface area contributed by atoms with Gasteiger partial charge in [0.2, 0.25) is 0 Å². The monoisotopic (exact) mass is 265 g/mol. The molecule has 0 aliphatic rings. The molecule has 0 unspecified atom stereocenters. The summed E-state index contributed by atoms with van der Waals surface area (Å²) in [6.45, 7) is 12.5. The summed E-state index contributed by atoms with van der Waals surface area (Å²) >= 11 is 0. The molecule has 0 saturated heterocycles. The number of hydrogen-bond acceptors (Lipinski definition) is 3. The molecule has 0 atom stereocenters. The molecule has 0 bridgehead atoms. The van der Waals surface area contributed by atoms with Gasteiger partial charge >= 0.3 is 0 Å². The zero-order valence-electron chi connectivity index (χ0n) is 12.8. The fourth-order valence-corrected chi connectivity index (χ4v) is 2.50. The van der Waals surface area contributed by atoms with E-state index in [9.17, 15) is 4.79 Å². The number of carbonyl (C=O) groups excluding carboxylic acids is 1. The molecule has 1 rings (SSSR count). The lowest BCUT2D eigenvalue weighted by Gasteiger charge is -2.35. The first kappa shape index (κ1) is 15.7. The number of nitrogens with two attached hydrogens (primary N) is 1. The fourth-order valence-electron chi connectivity index (χ4n) is 2.50. The van der Waals surface area contributed by atoms with Crippen molar-refractivity contribution in [2.75, 3.05) is 20.1 Å². The minimum atomic E-state index is -0.521. The Kier molecular flexibility index (Phi) is 4.40. The number of nitrogens with zero attached hydrogens (tertiary/aromatic N) is 3. The van der Waals surface area contributed by atoms with Crippen LogP contribution in [-0.2, 0) is 5.54 Å². The summed E-state index contributed by atoms with van der Waals surface area (Å²) < 4.78 is 1.80. The van der Waals surface area contributed by atoms with Crippen molar-refractivity contribution in [1.82, 2.24) is 14.5 Å². The predicted molar refractivity (Wildman–Crippen MR) is 75.9 cm³/mol. The van der Waals surface area contributed by atoms with Crippen LogP contribution in [0, 0.1) is 11.6 Å². The van der Waals surface area contributed by atoms with Crippen molar-refractivity contribution in [2.24, 2.45) is 11.1 Å². The highest BCUT2D eigenvalue weighted by Gasteiger charge is 2.27. The molecule has 0 aliphatic heterocycles. The van der Waals surface area contributed by atoms with E-state index in [2.05, 4.69) is 57.7 Å². The van der Waals surface area contributed by atoms with Gasteiger partial charge in [0.15, 0.2) is 5.82 Å². The van der Waals surface area contributed by atoms with Gasteiger partial charge in [-0.2, -0.15) is 0 Å². The van der Waals surface area contributed by atoms with E-state index in [0.717, 1.165) is 13.1 Å². The van der Waals surface area contributed by atoms with E-state index in [-0.39, 0.29) is 16.8 Å². The lowest BCUT2D eigenvalue weighted by molar-refractivity contribution is 0.0969. The molecule has 0 saturated carbocycles. The molecule has 0 fully saturated rings. The van der Waals surface area contributed by atoms with E-state index in [4.69, 9.17) is 5.73 Å². The van der Waals surface area contributed by atoms with E-state index in [1.165, 1.54) is 0 Å². The highest BCUT2D eigenvalue weighted by Crippen LogP contribution is 2.21. The molecule has 1 aromatic heterocycles. The largest absolute Gasteiger partial charge is 0.363 e. The van der Waals surface area contributed by atoms with Crippen LogP contribution in [-0.4, -0.2) is 40.5 Å². The summed E-state index contributed by atoms with van der Waals surface area (Å²) in [5, 5.41) is 0. The summed E-state index contributed by atoms with van der Waals surface area (Å²) in [6, 6.07) is 0. The maximum atomic E-state index is 11.3. The van der Waals surface area contributed by atoms with Gasteiger partial charge in [0.1, 0.15) is 6.20 Å². The molecule has 0 aliphatic carbocycles. The Morgan fingerprint density at radius 3 is 2.42 bits per heavy atom. The van der Waals surface area contributed by atoms with E-state index in [1.54, 1.807) is 10.8 Å². The molecule has 0 spiro atoms. The SMILES string of the molecule is CN(CC(C)(C)C)CC(C)(C)n1c[c]nc1C(N)=O. The first-order valence-electron chi connectivity index (χ1n) is 6.47. The average molecular weight is 265 g/mol. The third-order valence-electron chi connectivity index (χ3n) is 2.86. The Labute approximate surface area is 115 Å². The van der Waals surface area contributed by atoms with Crippen molar-refractivity contribution >= 4 is 5.91 Å². The lowest BCUT2D eigenvalue weighted by Crippen LogP contribution is -2.43. The second-order valence-electron chi connectivity index (χ2n) is 6.97. The second kappa shape index (κ2) is 5.33. The number of aromatic nitrogens is 2. The molecule has 5 heteroatoms. The van der Waals surface area contributed by atoms with Gasteiger partial charge in [0.25, 0.3) is 5.91 Å². The molecule has 1 radical (unpaired) electrons. The molecular weight excluding hydrogens is 240 g/mol. The van der Waals surface area contributed by atoms with Crippen molar-refractivity contribution < 1.29 is 4.79 Å². The summed E-state index contributed by atoms with van der Waals surface area (Å²) in [4.78, 5) is 17.5. The molecule has 0 aromatic carbocycles. The normalized spacial score (nSPS) is 13.0. The molecule has 19 heavy (non-hydrogen) atoms. The van der Waals surface area contributed by atoms with Crippen molar-refractivity contribution in [2.45, 2.75) is 40.2 Å². The van der Waals surface area contributed by atoms with Crippen molar-refractivity contribution in [3.63, 3.8) is 0 Å².